The molecule has 0 N–H and O–H groups in total. The molecule has 0 saturated heterocycles. The first kappa shape index (κ1) is 18.7. The molecule has 1 saturated carbocycles. The summed E-state index contributed by atoms with van der Waals surface area (Å²) in [6.07, 6.45) is 8.92. The third kappa shape index (κ3) is 2.91. The summed E-state index contributed by atoms with van der Waals surface area (Å²) in [6.45, 7) is 2.59. The van der Waals surface area contributed by atoms with Crippen LogP contribution < -0.4 is 0 Å². The number of benzene rings is 2. The number of amides is 1. The lowest BCUT2D eigenvalue weighted by Gasteiger charge is -2.41. The van der Waals surface area contributed by atoms with Gasteiger partial charge < -0.3 is 9.64 Å². The van der Waals surface area contributed by atoms with Crippen LogP contribution in [0.5, 0.6) is 0 Å². The molecule has 0 spiro atoms. The van der Waals surface area contributed by atoms with Gasteiger partial charge in [-0.05, 0) is 43.9 Å². The quantitative estimate of drug-likeness (QED) is 0.706. The second-order valence-electron chi connectivity index (χ2n) is 7.57. The molecule has 0 radical (unpaired) electrons. The number of ether oxygens (including phenoxy) is 1. The standard InChI is InChI=1S/C24H24FNO2/c1-3-15-26-23(27)21-7-5-6-8-22(21)24(26,18-10-12-19(25)13-11-18)28-20-14-9-17(4-2)16-20/h2,5-8,10-13,17,20H,3,9,14-16H2,1H3. The molecule has 4 rings (SSSR count). The normalized spacial score (nSPS) is 26.3. The molecule has 1 aliphatic heterocycles. The van der Waals surface area contributed by atoms with E-state index in [2.05, 4.69) is 5.92 Å². The average molecular weight is 377 g/mol. The lowest BCUT2D eigenvalue weighted by Crippen LogP contribution is -2.49. The number of hydrogen-bond donors (Lipinski definition) is 0. The van der Waals surface area contributed by atoms with E-state index >= 15 is 0 Å². The Kier molecular flexibility index (Phi) is 4.95. The van der Waals surface area contributed by atoms with Crippen LogP contribution in [0.15, 0.2) is 48.5 Å². The molecule has 0 bridgehead atoms. The highest BCUT2D eigenvalue weighted by atomic mass is 19.1. The van der Waals surface area contributed by atoms with Crippen molar-refractivity contribution in [2.75, 3.05) is 6.54 Å². The summed E-state index contributed by atoms with van der Waals surface area (Å²) in [5, 5.41) is 0. The van der Waals surface area contributed by atoms with E-state index in [9.17, 15) is 9.18 Å². The smallest absolute Gasteiger partial charge is 0.257 e. The average Bonchev–Trinajstić information content (AvgIpc) is 3.26. The van der Waals surface area contributed by atoms with Crippen LogP contribution >= 0.6 is 0 Å². The highest BCUT2D eigenvalue weighted by molar-refractivity contribution is 6.00. The lowest BCUT2D eigenvalue weighted by molar-refractivity contribution is -0.143. The van der Waals surface area contributed by atoms with E-state index in [0.717, 1.165) is 36.8 Å². The number of halogens is 1. The van der Waals surface area contributed by atoms with Crippen molar-refractivity contribution in [3.8, 4) is 12.3 Å². The number of carbonyl (C=O) groups is 1. The maximum absolute atomic E-state index is 13.7. The third-order valence-corrected chi connectivity index (χ3v) is 5.79. The summed E-state index contributed by atoms with van der Waals surface area (Å²) in [7, 11) is 0. The van der Waals surface area contributed by atoms with Crippen molar-refractivity contribution in [3.05, 3.63) is 71.0 Å². The Morgan fingerprint density at radius 3 is 2.64 bits per heavy atom. The molecule has 2 aromatic carbocycles. The van der Waals surface area contributed by atoms with Gasteiger partial charge in [-0.2, -0.15) is 0 Å². The Bertz CT molecular complexity index is 917. The Balaban J connectivity index is 1.87. The number of fused-ring (bicyclic) bond motifs is 1. The molecule has 28 heavy (non-hydrogen) atoms. The van der Waals surface area contributed by atoms with Gasteiger partial charge in [0.1, 0.15) is 5.82 Å². The third-order valence-electron chi connectivity index (χ3n) is 5.79. The fourth-order valence-electron chi connectivity index (χ4n) is 4.50. The molecule has 144 valence electrons. The van der Waals surface area contributed by atoms with Gasteiger partial charge in [0.15, 0.2) is 5.72 Å². The molecule has 2 aromatic rings. The molecule has 1 heterocycles. The summed E-state index contributed by atoms with van der Waals surface area (Å²) >= 11 is 0. The maximum Gasteiger partial charge on any atom is 0.257 e. The predicted octanol–water partition coefficient (Wildman–Crippen LogP) is 4.71. The first-order valence-corrected chi connectivity index (χ1v) is 9.91. The van der Waals surface area contributed by atoms with Crippen molar-refractivity contribution in [2.24, 2.45) is 5.92 Å². The monoisotopic (exact) mass is 377 g/mol. The van der Waals surface area contributed by atoms with Crippen molar-refractivity contribution in [2.45, 2.75) is 44.4 Å². The van der Waals surface area contributed by atoms with Crippen molar-refractivity contribution in [1.82, 2.24) is 4.90 Å². The summed E-state index contributed by atoms with van der Waals surface area (Å²) in [4.78, 5) is 15.1. The zero-order chi connectivity index (χ0) is 19.7. The zero-order valence-corrected chi connectivity index (χ0v) is 16.0. The first-order chi connectivity index (χ1) is 13.6. The summed E-state index contributed by atoms with van der Waals surface area (Å²) in [6, 6.07) is 13.9. The maximum atomic E-state index is 13.7. The molecular weight excluding hydrogens is 353 g/mol. The molecule has 3 unspecified atom stereocenters. The van der Waals surface area contributed by atoms with Crippen LogP contribution in [0, 0.1) is 24.1 Å². The van der Waals surface area contributed by atoms with Crippen molar-refractivity contribution in [3.63, 3.8) is 0 Å². The van der Waals surface area contributed by atoms with Gasteiger partial charge in [0, 0.05) is 29.2 Å². The Labute approximate surface area is 165 Å². The molecule has 3 nitrogen and oxygen atoms in total. The highest BCUT2D eigenvalue weighted by Gasteiger charge is 2.53. The van der Waals surface area contributed by atoms with Gasteiger partial charge in [-0.1, -0.05) is 37.3 Å². The number of hydrogen-bond acceptors (Lipinski definition) is 2. The van der Waals surface area contributed by atoms with Crippen LogP contribution in [0.25, 0.3) is 0 Å². The van der Waals surface area contributed by atoms with Gasteiger partial charge >= 0.3 is 0 Å². The Morgan fingerprint density at radius 2 is 1.96 bits per heavy atom. The molecule has 3 atom stereocenters. The molecule has 4 heteroatoms. The van der Waals surface area contributed by atoms with Gasteiger partial charge in [-0.15, -0.1) is 12.3 Å². The fourth-order valence-corrected chi connectivity index (χ4v) is 4.50. The van der Waals surface area contributed by atoms with Crippen LogP contribution in [0.2, 0.25) is 0 Å². The molecule has 1 amide bonds. The zero-order valence-electron chi connectivity index (χ0n) is 16.0. The minimum absolute atomic E-state index is 0.0479. The minimum Gasteiger partial charge on any atom is -0.344 e. The molecule has 0 aromatic heterocycles. The van der Waals surface area contributed by atoms with E-state index < -0.39 is 5.72 Å². The van der Waals surface area contributed by atoms with Gasteiger partial charge in [0.2, 0.25) is 0 Å². The number of terminal acetylenes is 1. The van der Waals surface area contributed by atoms with Gasteiger partial charge in [0.25, 0.3) is 5.91 Å². The van der Waals surface area contributed by atoms with Crippen LogP contribution in [0.4, 0.5) is 4.39 Å². The summed E-state index contributed by atoms with van der Waals surface area (Å²) in [5.41, 5.74) is 1.19. The predicted molar refractivity (Wildman–Crippen MR) is 106 cm³/mol. The number of nitrogens with zero attached hydrogens (tertiary/aromatic N) is 1. The molecule has 2 aliphatic rings. The molecular formula is C24H24FNO2. The Morgan fingerprint density at radius 1 is 1.21 bits per heavy atom. The van der Waals surface area contributed by atoms with Crippen LogP contribution in [0.1, 0.15) is 54.1 Å². The van der Waals surface area contributed by atoms with Crippen LogP contribution in [-0.2, 0) is 10.5 Å². The lowest BCUT2D eigenvalue weighted by atomic mass is 9.93. The second-order valence-corrected chi connectivity index (χ2v) is 7.57. The van der Waals surface area contributed by atoms with E-state index in [0.29, 0.717) is 12.1 Å². The van der Waals surface area contributed by atoms with E-state index in [-0.39, 0.29) is 23.7 Å². The summed E-state index contributed by atoms with van der Waals surface area (Å²) in [5.74, 6) is 2.67. The second kappa shape index (κ2) is 7.41. The molecule has 1 aliphatic carbocycles. The van der Waals surface area contributed by atoms with E-state index in [1.807, 2.05) is 31.2 Å². The highest BCUT2D eigenvalue weighted by Crippen LogP contribution is 2.47. The van der Waals surface area contributed by atoms with Gasteiger partial charge in [-0.25, -0.2) is 4.39 Å². The van der Waals surface area contributed by atoms with Crippen molar-refractivity contribution in [1.29, 1.82) is 0 Å². The van der Waals surface area contributed by atoms with Gasteiger partial charge in [-0.3, -0.25) is 4.79 Å². The number of carbonyl (C=O) groups excluding carboxylic acids is 1. The van der Waals surface area contributed by atoms with Crippen LogP contribution in [-0.4, -0.2) is 23.5 Å². The van der Waals surface area contributed by atoms with Crippen molar-refractivity contribution >= 4 is 5.91 Å². The summed E-state index contributed by atoms with van der Waals surface area (Å²) < 4.78 is 20.4. The largest absolute Gasteiger partial charge is 0.344 e. The minimum atomic E-state index is -1.05. The van der Waals surface area contributed by atoms with E-state index in [1.54, 1.807) is 17.0 Å². The van der Waals surface area contributed by atoms with E-state index in [1.165, 1.54) is 12.1 Å². The van der Waals surface area contributed by atoms with Crippen LogP contribution in [0.3, 0.4) is 0 Å². The SMILES string of the molecule is C#CC1CCC(OC2(c3ccc(F)cc3)c3ccccc3C(=O)N2CCC)C1. The van der Waals surface area contributed by atoms with Gasteiger partial charge in [0.05, 0.1) is 6.10 Å². The number of rotatable bonds is 5. The van der Waals surface area contributed by atoms with Crippen molar-refractivity contribution < 1.29 is 13.9 Å². The Hall–Kier alpha value is -2.64. The first-order valence-electron chi connectivity index (χ1n) is 9.91. The van der Waals surface area contributed by atoms with E-state index in [4.69, 9.17) is 11.2 Å². The topological polar surface area (TPSA) is 29.5 Å². The molecule has 1 fully saturated rings. The fraction of sp³-hybridized carbons (Fsp3) is 0.375.